The van der Waals surface area contributed by atoms with Crippen LogP contribution < -0.4 is 4.40 Å². The molecule has 0 saturated carbocycles. The van der Waals surface area contributed by atoms with Gasteiger partial charge in [-0.2, -0.15) is 0 Å². The summed E-state index contributed by atoms with van der Waals surface area (Å²) >= 11 is -1.99. The Balaban J connectivity index is 1.97. The van der Waals surface area contributed by atoms with E-state index >= 15 is 0 Å². The second-order valence-corrected chi connectivity index (χ2v) is 20.2. The monoisotopic (exact) mass is 448 g/mol. The van der Waals surface area contributed by atoms with E-state index in [2.05, 4.69) is 73.5 Å². The molecule has 0 N–H and O–H groups in total. The molecule has 0 aliphatic carbocycles. The molecule has 0 radical (unpaired) electrons. The molecule has 3 nitrogen and oxygen atoms in total. The minimum absolute atomic E-state index is 0.616. The Labute approximate surface area is 175 Å². The normalized spacial score (nSPS) is 12.4. The van der Waals surface area contributed by atoms with Crippen LogP contribution in [0.4, 0.5) is 0 Å². The number of benzene rings is 1. The van der Waals surface area contributed by atoms with Gasteiger partial charge in [0.2, 0.25) is 0 Å². The van der Waals surface area contributed by atoms with Crippen molar-refractivity contribution < 1.29 is 4.42 Å². The molecule has 0 spiro atoms. The van der Waals surface area contributed by atoms with Gasteiger partial charge in [0.15, 0.2) is 0 Å². The first kappa shape index (κ1) is 20.1. The van der Waals surface area contributed by atoms with Gasteiger partial charge in [0, 0.05) is 0 Å². The van der Waals surface area contributed by atoms with Crippen molar-refractivity contribution in [3.05, 3.63) is 53.3 Å². The van der Waals surface area contributed by atoms with E-state index in [-0.39, 0.29) is 0 Å². The van der Waals surface area contributed by atoms with Crippen molar-refractivity contribution in [2.24, 2.45) is 5.92 Å². The Hall–Kier alpha value is -2.14. The summed E-state index contributed by atoms with van der Waals surface area (Å²) in [7, 11) is 0. The molecule has 150 valence electrons. The molecule has 4 aromatic rings. The molecule has 0 amide bonds. The van der Waals surface area contributed by atoms with E-state index in [4.69, 9.17) is 9.40 Å². The molecule has 3 aromatic heterocycles. The maximum absolute atomic E-state index is 6.28. The quantitative estimate of drug-likeness (QED) is 0.340. The Morgan fingerprint density at radius 2 is 1.79 bits per heavy atom. The van der Waals surface area contributed by atoms with Crippen LogP contribution >= 0.6 is 0 Å². The first-order chi connectivity index (χ1) is 13.6. The van der Waals surface area contributed by atoms with E-state index in [1.165, 1.54) is 15.5 Å². The second kappa shape index (κ2) is 7.28. The Bertz CT molecular complexity index is 1220. The molecular formula is C25H30GeN2O. The van der Waals surface area contributed by atoms with Crippen LogP contribution in [0.2, 0.25) is 17.3 Å². The molecular weight excluding hydrogens is 417 g/mol. The van der Waals surface area contributed by atoms with Crippen LogP contribution in [0.1, 0.15) is 30.7 Å². The fourth-order valence-electron chi connectivity index (χ4n) is 4.15. The fourth-order valence-corrected chi connectivity index (χ4v) is 7.48. The van der Waals surface area contributed by atoms with E-state index in [0.29, 0.717) is 11.6 Å². The topological polar surface area (TPSA) is 38.9 Å². The molecule has 0 saturated heterocycles. The summed E-state index contributed by atoms with van der Waals surface area (Å²) in [6.07, 6.45) is 3.23. The van der Waals surface area contributed by atoms with Crippen LogP contribution in [0.25, 0.3) is 33.3 Å². The van der Waals surface area contributed by atoms with Gasteiger partial charge < -0.3 is 0 Å². The van der Waals surface area contributed by atoms with E-state index in [9.17, 15) is 0 Å². The molecule has 0 aliphatic heterocycles. The summed E-state index contributed by atoms with van der Waals surface area (Å²) in [5.41, 5.74) is 7.28. The molecule has 4 heteroatoms. The molecule has 1 aromatic carbocycles. The van der Waals surface area contributed by atoms with Crippen LogP contribution in [0, 0.1) is 19.8 Å². The third-order valence-corrected chi connectivity index (χ3v) is 9.87. The summed E-state index contributed by atoms with van der Waals surface area (Å²) in [4.78, 5) is 9.53. The van der Waals surface area contributed by atoms with Crippen molar-refractivity contribution in [1.82, 2.24) is 9.97 Å². The Morgan fingerprint density at radius 3 is 2.48 bits per heavy atom. The van der Waals surface area contributed by atoms with Crippen molar-refractivity contribution in [2.75, 3.05) is 0 Å². The fraction of sp³-hybridized carbons (Fsp3) is 0.360. The van der Waals surface area contributed by atoms with Gasteiger partial charge in [-0.15, -0.1) is 0 Å². The SMILES string of the molecule is Cc1ccc2c(n1)oc1c(-c3cc(CC(C)C)[c]([Ge]([CH3])([CH3])[CH3])cn3)ccc(C)c12. The predicted octanol–water partition coefficient (Wildman–Crippen LogP) is 6.40. The van der Waals surface area contributed by atoms with Gasteiger partial charge in [0.1, 0.15) is 0 Å². The number of pyridine rings is 2. The zero-order valence-electron chi connectivity index (χ0n) is 18.6. The van der Waals surface area contributed by atoms with Gasteiger partial charge in [-0.3, -0.25) is 0 Å². The summed E-state index contributed by atoms with van der Waals surface area (Å²) in [6, 6.07) is 10.8. The Morgan fingerprint density at radius 1 is 1.03 bits per heavy atom. The average Bonchev–Trinajstić information content (AvgIpc) is 2.99. The standard InChI is InChI=1S/C25H30GeN2O/c1-15(2)12-18-13-22(27-14-21(18)26(5,6)7)19-10-8-16(3)23-20-11-9-17(4)28-25(20)29-24(19)23/h8-11,13-15H,12H2,1-7H3. The third kappa shape index (κ3) is 3.73. The molecule has 29 heavy (non-hydrogen) atoms. The van der Waals surface area contributed by atoms with Gasteiger partial charge in [0.05, 0.1) is 0 Å². The van der Waals surface area contributed by atoms with Crippen molar-refractivity contribution >= 4 is 39.7 Å². The van der Waals surface area contributed by atoms with Gasteiger partial charge in [-0.1, -0.05) is 0 Å². The number of aryl methyl sites for hydroxylation is 2. The molecule has 0 aliphatic rings. The summed E-state index contributed by atoms with van der Waals surface area (Å²) in [6.45, 7) is 8.71. The number of hydrogen-bond donors (Lipinski definition) is 0. The number of aromatic nitrogens is 2. The molecule has 4 rings (SSSR count). The number of hydrogen-bond acceptors (Lipinski definition) is 3. The maximum atomic E-state index is 6.28. The van der Waals surface area contributed by atoms with Gasteiger partial charge in [-0.25, -0.2) is 0 Å². The molecule has 0 fully saturated rings. The Kier molecular flexibility index (Phi) is 5.06. The van der Waals surface area contributed by atoms with Crippen LogP contribution in [-0.2, 0) is 6.42 Å². The number of furan rings is 1. The molecule has 0 bridgehead atoms. The van der Waals surface area contributed by atoms with Gasteiger partial charge in [-0.05, 0) is 0 Å². The van der Waals surface area contributed by atoms with Crippen LogP contribution in [0.3, 0.4) is 0 Å². The number of fused-ring (bicyclic) bond motifs is 3. The zero-order chi connectivity index (χ0) is 20.9. The zero-order valence-corrected chi connectivity index (χ0v) is 20.6. The van der Waals surface area contributed by atoms with E-state index in [1.807, 2.05) is 13.0 Å². The number of nitrogens with zero attached hydrogens (tertiary/aromatic N) is 2. The predicted molar refractivity (Wildman–Crippen MR) is 126 cm³/mol. The van der Waals surface area contributed by atoms with Gasteiger partial charge >= 0.3 is 176 Å². The molecule has 0 atom stereocenters. The second-order valence-electron chi connectivity index (χ2n) is 9.62. The minimum atomic E-state index is -1.99. The first-order valence-electron chi connectivity index (χ1n) is 10.4. The van der Waals surface area contributed by atoms with Crippen molar-refractivity contribution in [2.45, 2.75) is 51.4 Å². The van der Waals surface area contributed by atoms with Crippen molar-refractivity contribution in [1.29, 1.82) is 0 Å². The van der Waals surface area contributed by atoms with Crippen LogP contribution in [0.5, 0.6) is 0 Å². The summed E-state index contributed by atoms with van der Waals surface area (Å²) in [5, 5.41) is 2.23. The van der Waals surface area contributed by atoms with Gasteiger partial charge in [0.25, 0.3) is 0 Å². The molecule has 3 heterocycles. The number of rotatable bonds is 4. The van der Waals surface area contributed by atoms with E-state index in [0.717, 1.165) is 39.7 Å². The van der Waals surface area contributed by atoms with E-state index < -0.39 is 13.3 Å². The third-order valence-electron chi connectivity index (χ3n) is 5.54. The van der Waals surface area contributed by atoms with Crippen molar-refractivity contribution in [3.63, 3.8) is 0 Å². The summed E-state index contributed by atoms with van der Waals surface area (Å²) in [5.74, 6) is 7.94. The summed E-state index contributed by atoms with van der Waals surface area (Å²) < 4.78 is 7.79. The first-order valence-corrected chi connectivity index (χ1v) is 17.8. The van der Waals surface area contributed by atoms with Crippen LogP contribution in [0.15, 0.2) is 40.9 Å². The van der Waals surface area contributed by atoms with Crippen LogP contribution in [-0.4, -0.2) is 23.2 Å². The molecule has 0 unspecified atom stereocenters. The average molecular weight is 447 g/mol. The van der Waals surface area contributed by atoms with E-state index in [1.54, 1.807) is 0 Å². The van der Waals surface area contributed by atoms with Crippen molar-refractivity contribution in [3.8, 4) is 11.3 Å².